The minimum Gasteiger partial charge on any atom is -0.475 e. The second-order valence-corrected chi connectivity index (χ2v) is 7.05. The van der Waals surface area contributed by atoms with Crippen molar-refractivity contribution in [1.29, 1.82) is 0 Å². The fourth-order valence-corrected chi connectivity index (χ4v) is 3.70. The zero-order valence-electron chi connectivity index (χ0n) is 11.9. The molecule has 0 aromatic carbocycles. The summed E-state index contributed by atoms with van der Waals surface area (Å²) >= 11 is 1.67. The van der Waals surface area contributed by atoms with E-state index in [0.717, 1.165) is 23.1 Å². The number of fused-ring (bicyclic) bond motifs is 1. The molecule has 0 atom stereocenters. The van der Waals surface area contributed by atoms with Crippen molar-refractivity contribution < 1.29 is 4.74 Å². The molecule has 0 amide bonds. The Kier molecular flexibility index (Phi) is 3.89. The lowest BCUT2D eigenvalue weighted by molar-refractivity contribution is 0.195. The maximum Gasteiger partial charge on any atom is 0.225 e. The van der Waals surface area contributed by atoms with E-state index in [4.69, 9.17) is 10.5 Å². The summed E-state index contributed by atoms with van der Waals surface area (Å²) in [5.74, 6) is 0.674. The van der Waals surface area contributed by atoms with Crippen molar-refractivity contribution in [1.82, 2.24) is 9.97 Å². The molecule has 0 spiro atoms. The molecule has 5 heteroatoms. The third-order valence-corrected chi connectivity index (χ3v) is 4.97. The second-order valence-electron chi connectivity index (χ2n) is 5.82. The van der Waals surface area contributed by atoms with Crippen molar-refractivity contribution in [2.45, 2.75) is 51.0 Å². The monoisotopic (exact) mass is 291 g/mol. The number of ether oxygens (including phenoxy) is 1. The molecule has 1 aliphatic rings. The summed E-state index contributed by atoms with van der Waals surface area (Å²) in [5.41, 5.74) is 6.29. The Labute approximate surface area is 123 Å². The smallest absolute Gasteiger partial charge is 0.225 e. The van der Waals surface area contributed by atoms with E-state index in [9.17, 15) is 0 Å². The topological polar surface area (TPSA) is 61.0 Å². The van der Waals surface area contributed by atoms with E-state index >= 15 is 0 Å². The predicted molar refractivity (Wildman–Crippen MR) is 82.3 cm³/mol. The van der Waals surface area contributed by atoms with Gasteiger partial charge in [0.1, 0.15) is 17.8 Å². The summed E-state index contributed by atoms with van der Waals surface area (Å²) in [6, 6.07) is 2.09. The number of aromatic nitrogens is 2. The molecule has 2 heterocycles. The Morgan fingerprint density at radius 3 is 2.75 bits per heavy atom. The summed E-state index contributed by atoms with van der Waals surface area (Å²) in [7, 11) is 0. The number of hydrogen-bond donors (Lipinski definition) is 1. The van der Waals surface area contributed by atoms with Gasteiger partial charge < -0.3 is 10.5 Å². The molecule has 108 valence electrons. The van der Waals surface area contributed by atoms with E-state index in [2.05, 4.69) is 23.0 Å². The molecule has 1 saturated carbocycles. The van der Waals surface area contributed by atoms with Crippen LogP contribution in [-0.2, 0) is 0 Å². The third-order valence-electron chi connectivity index (χ3n) is 4.01. The molecule has 0 radical (unpaired) electrons. The molecule has 1 aliphatic carbocycles. The highest BCUT2D eigenvalue weighted by Crippen LogP contribution is 2.30. The molecule has 0 aliphatic heterocycles. The number of aryl methyl sites for hydroxylation is 1. The van der Waals surface area contributed by atoms with Crippen LogP contribution in [0, 0.1) is 6.92 Å². The summed E-state index contributed by atoms with van der Waals surface area (Å²) in [4.78, 5) is 10.8. The standard InChI is InChI=1S/C15H21N3OS/c1-11-8-12-13(17-10-18-14(12)20-11)19-9-15(16)6-4-2-3-5-7-15/h8,10H,2-7,9,16H2,1H3. The van der Waals surface area contributed by atoms with Crippen LogP contribution >= 0.6 is 11.3 Å². The van der Waals surface area contributed by atoms with Gasteiger partial charge in [0.05, 0.1) is 10.9 Å². The van der Waals surface area contributed by atoms with Gasteiger partial charge in [0, 0.05) is 4.88 Å². The van der Waals surface area contributed by atoms with Gasteiger partial charge in [-0.2, -0.15) is 0 Å². The molecule has 3 rings (SSSR count). The van der Waals surface area contributed by atoms with Crippen LogP contribution in [0.3, 0.4) is 0 Å². The van der Waals surface area contributed by atoms with Crippen molar-refractivity contribution in [3.05, 3.63) is 17.3 Å². The fraction of sp³-hybridized carbons (Fsp3) is 0.600. The van der Waals surface area contributed by atoms with Gasteiger partial charge in [0.2, 0.25) is 5.88 Å². The molecular weight excluding hydrogens is 270 g/mol. The average Bonchev–Trinajstić information content (AvgIpc) is 2.67. The van der Waals surface area contributed by atoms with Gasteiger partial charge in [0.25, 0.3) is 0 Å². The van der Waals surface area contributed by atoms with Gasteiger partial charge >= 0.3 is 0 Å². The van der Waals surface area contributed by atoms with Gasteiger partial charge in [-0.25, -0.2) is 9.97 Å². The van der Waals surface area contributed by atoms with E-state index in [-0.39, 0.29) is 5.54 Å². The van der Waals surface area contributed by atoms with Crippen molar-refractivity contribution in [2.24, 2.45) is 5.73 Å². The van der Waals surface area contributed by atoms with Crippen LogP contribution in [0.5, 0.6) is 5.88 Å². The van der Waals surface area contributed by atoms with E-state index in [1.54, 1.807) is 17.7 Å². The first-order valence-electron chi connectivity index (χ1n) is 7.29. The normalized spacial score (nSPS) is 18.9. The molecular formula is C15H21N3OS. The molecule has 0 unspecified atom stereocenters. The molecule has 1 fully saturated rings. The summed E-state index contributed by atoms with van der Waals surface area (Å²) < 4.78 is 5.96. The lowest BCUT2D eigenvalue weighted by Gasteiger charge is -2.27. The van der Waals surface area contributed by atoms with E-state index in [1.807, 2.05) is 0 Å². The quantitative estimate of drug-likeness (QED) is 0.880. The first-order chi connectivity index (χ1) is 9.66. The SMILES string of the molecule is Cc1cc2c(OCC3(N)CCCCCC3)ncnc2s1. The highest BCUT2D eigenvalue weighted by Gasteiger charge is 2.27. The minimum atomic E-state index is -0.196. The molecule has 0 saturated heterocycles. The van der Waals surface area contributed by atoms with Crippen LogP contribution in [-0.4, -0.2) is 22.1 Å². The second kappa shape index (κ2) is 5.66. The predicted octanol–water partition coefficient (Wildman–Crippen LogP) is 3.43. The lowest BCUT2D eigenvalue weighted by atomic mass is 9.93. The Bertz CT molecular complexity index is 588. The van der Waals surface area contributed by atoms with E-state index in [0.29, 0.717) is 12.5 Å². The Balaban J connectivity index is 1.76. The maximum absolute atomic E-state index is 6.49. The van der Waals surface area contributed by atoms with Crippen molar-refractivity contribution in [3.8, 4) is 5.88 Å². The van der Waals surface area contributed by atoms with Gasteiger partial charge in [-0.15, -0.1) is 11.3 Å². The number of thiophene rings is 1. The van der Waals surface area contributed by atoms with Crippen molar-refractivity contribution in [3.63, 3.8) is 0 Å². The van der Waals surface area contributed by atoms with Crippen LogP contribution in [0.1, 0.15) is 43.4 Å². The fourth-order valence-electron chi connectivity index (χ4n) is 2.86. The van der Waals surface area contributed by atoms with Crippen LogP contribution in [0.25, 0.3) is 10.2 Å². The molecule has 2 N–H and O–H groups in total. The Hall–Kier alpha value is -1.20. The van der Waals surface area contributed by atoms with Crippen molar-refractivity contribution in [2.75, 3.05) is 6.61 Å². The molecule has 2 aromatic rings. The van der Waals surface area contributed by atoms with Crippen LogP contribution in [0.15, 0.2) is 12.4 Å². The average molecular weight is 291 g/mol. The van der Waals surface area contributed by atoms with Crippen molar-refractivity contribution >= 4 is 21.6 Å². The van der Waals surface area contributed by atoms with Crippen LogP contribution < -0.4 is 10.5 Å². The van der Waals surface area contributed by atoms with Gasteiger partial charge in [-0.3, -0.25) is 0 Å². The van der Waals surface area contributed by atoms with Gasteiger partial charge in [-0.1, -0.05) is 25.7 Å². The Morgan fingerprint density at radius 1 is 1.25 bits per heavy atom. The first-order valence-corrected chi connectivity index (χ1v) is 8.11. The zero-order chi connectivity index (χ0) is 14.0. The highest BCUT2D eigenvalue weighted by molar-refractivity contribution is 7.18. The maximum atomic E-state index is 6.49. The molecule has 4 nitrogen and oxygen atoms in total. The first kappa shape index (κ1) is 13.8. The number of rotatable bonds is 3. The van der Waals surface area contributed by atoms with Crippen LogP contribution in [0.4, 0.5) is 0 Å². The number of nitrogens with two attached hydrogens (primary N) is 1. The van der Waals surface area contributed by atoms with Gasteiger partial charge in [0.15, 0.2) is 0 Å². The molecule has 20 heavy (non-hydrogen) atoms. The van der Waals surface area contributed by atoms with Crippen LogP contribution in [0.2, 0.25) is 0 Å². The summed E-state index contributed by atoms with van der Waals surface area (Å²) in [5, 5.41) is 1.01. The minimum absolute atomic E-state index is 0.196. The zero-order valence-corrected chi connectivity index (χ0v) is 12.7. The third kappa shape index (κ3) is 2.94. The molecule has 2 aromatic heterocycles. The van der Waals surface area contributed by atoms with E-state index < -0.39 is 0 Å². The summed E-state index contributed by atoms with van der Waals surface area (Å²) in [6.07, 6.45) is 8.66. The Morgan fingerprint density at radius 2 is 2.00 bits per heavy atom. The molecule has 0 bridgehead atoms. The highest BCUT2D eigenvalue weighted by atomic mass is 32.1. The van der Waals surface area contributed by atoms with Gasteiger partial charge in [-0.05, 0) is 25.8 Å². The number of hydrogen-bond acceptors (Lipinski definition) is 5. The lowest BCUT2D eigenvalue weighted by Crippen LogP contribution is -2.45. The number of nitrogens with zero attached hydrogens (tertiary/aromatic N) is 2. The van der Waals surface area contributed by atoms with E-state index in [1.165, 1.54) is 30.6 Å². The summed E-state index contributed by atoms with van der Waals surface area (Å²) in [6.45, 7) is 2.62. The largest absolute Gasteiger partial charge is 0.475 e.